The predicted molar refractivity (Wildman–Crippen MR) is 246 cm³/mol. The minimum Gasteiger partial charge on any atom is -0.507 e. The number of carbonyl (C=O) groups excluding carboxylic acids is 2. The lowest BCUT2D eigenvalue weighted by Crippen LogP contribution is -2.68. The van der Waals surface area contributed by atoms with Crippen LogP contribution in [0.5, 0.6) is 17.4 Å². The molecule has 0 bridgehead atoms. The highest BCUT2D eigenvalue weighted by molar-refractivity contribution is 6.74. The zero-order chi connectivity index (χ0) is 44.8. The molecule has 332 valence electrons. The predicted octanol–water partition coefficient (Wildman–Crippen LogP) is 10.0. The number of ether oxygens (including phenoxy) is 3. The topological polar surface area (TPSA) is 124 Å². The van der Waals surface area contributed by atoms with E-state index in [9.17, 15) is 5.11 Å². The van der Waals surface area contributed by atoms with Crippen molar-refractivity contribution in [1.29, 1.82) is 0 Å². The first kappa shape index (κ1) is 44.3. The molecule has 2 fully saturated rings. The van der Waals surface area contributed by atoms with Crippen LogP contribution in [0, 0.1) is 11.8 Å². The molecule has 8 rings (SSSR count). The van der Waals surface area contributed by atoms with Crippen LogP contribution in [-0.2, 0) is 28.9 Å². The van der Waals surface area contributed by atoms with Gasteiger partial charge in [-0.3, -0.25) is 19.4 Å². The Balaban J connectivity index is 1.36. The molecule has 0 unspecified atom stereocenters. The quantitative estimate of drug-likeness (QED) is 0.0698. The Kier molecular flexibility index (Phi) is 12.2. The summed E-state index contributed by atoms with van der Waals surface area (Å²) in [6, 6.07) is 20.8. The molecule has 63 heavy (non-hydrogen) atoms. The van der Waals surface area contributed by atoms with E-state index < -0.39 is 48.4 Å². The van der Waals surface area contributed by atoms with Crippen molar-refractivity contribution in [3.8, 4) is 17.4 Å². The maximum absolute atomic E-state index is 16.3. The Labute approximate surface area is 372 Å². The zero-order valence-corrected chi connectivity index (χ0v) is 38.7. The minimum absolute atomic E-state index is 0.00877. The molecular weight excluding hydrogens is 811 g/mol. The van der Waals surface area contributed by atoms with Gasteiger partial charge in [0.05, 0.1) is 18.7 Å². The SMILES string of the molecule is C=CCN(CC=C)[C@@H]1c2onc(OCc3ccccc3)c2C(=O)[C@@]2(O[Si](C)(C)C(C)(C)C)C(=O)C3=C(O)c4c(OCc5ccccc5)cc([C@@H]5CCCN5C)c(OC)c4C[C@H]3C[C@@H]12. The van der Waals surface area contributed by atoms with E-state index in [1.165, 1.54) is 0 Å². The van der Waals surface area contributed by atoms with Crippen LogP contribution in [0.2, 0.25) is 18.1 Å². The summed E-state index contributed by atoms with van der Waals surface area (Å²) in [6.07, 6.45) is 6.23. The van der Waals surface area contributed by atoms with E-state index in [2.05, 4.69) is 55.9 Å². The maximum Gasteiger partial charge on any atom is 0.265 e. The summed E-state index contributed by atoms with van der Waals surface area (Å²) in [5.74, 6) is -1.19. The second-order valence-corrected chi connectivity index (χ2v) is 23.7. The standard InChI is InChI=1S/C51H61N3O8Si/c1-10-24-54(25-11-2)43-37-28-34-27-36-41(39(59-30-32-19-14-12-15-20-32)29-35(45(36)58-7)38-23-18-26-53(38)6)44(55)40(34)47(56)51(37,62-63(8,9)50(3,4)5)48(57)42-46(43)61-52-49(42)60-31-33-21-16-13-17-22-33/h10-17,19-22,29,34,37-38,43,55H,1-2,18,23-28,30-31H2,3-9H3/t34-,37-,38-,43-,51-/m0/s1. The second-order valence-electron chi connectivity index (χ2n) is 19.0. The fraction of sp³-hybridized carbons (Fsp3) is 0.431. The summed E-state index contributed by atoms with van der Waals surface area (Å²) in [5, 5.41) is 16.9. The van der Waals surface area contributed by atoms with Gasteiger partial charge in [0.15, 0.2) is 19.7 Å². The number of aromatic nitrogens is 1. The van der Waals surface area contributed by atoms with Gasteiger partial charge in [-0.2, -0.15) is 0 Å². The molecule has 0 radical (unpaired) electrons. The number of carbonyl (C=O) groups is 2. The Morgan fingerprint density at radius 2 is 1.60 bits per heavy atom. The molecule has 0 amide bonds. The normalized spacial score (nSPS) is 23.5. The number of benzene rings is 3. The molecule has 1 aromatic heterocycles. The van der Waals surface area contributed by atoms with Gasteiger partial charge in [0.2, 0.25) is 11.6 Å². The van der Waals surface area contributed by atoms with Crippen molar-refractivity contribution < 1.29 is 37.9 Å². The third-order valence-electron chi connectivity index (χ3n) is 14.1. The van der Waals surface area contributed by atoms with Crippen LogP contribution in [0.15, 0.2) is 102 Å². The lowest BCUT2D eigenvalue weighted by molar-refractivity contribution is -0.141. The molecule has 12 heteroatoms. The van der Waals surface area contributed by atoms with Gasteiger partial charge in [-0.25, -0.2) is 0 Å². The molecule has 3 aliphatic carbocycles. The molecule has 11 nitrogen and oxygen atoms in total. The fourth-order valence-corrected chi connectivity index (χ4v) is 11.6. The van der Waals surface area contributed by atoms with E-state index in [0.717, 1.165) is 41.6 Å². The smallest absolute Gasteiger partial charge is 0.265 e. The van der Waals surface area contributed by atoms with Crippen molar-refractivity contribution >= 4 is 25.6 Å². The third kappa shape index (κ3) is 7.68. The summed E-state index contributed by atoms with van der Waals surface area (Å²) in [5.41, 5.74) is 2.16. The number of hydrogen-bond acceptors (Lipinski definition) is 11. The van der Waals surface area contributed by atoms with Gasteiger partial charge in [0.25, 0.3) is 5.88 Å². The summed E-state index contributed by atoms with van der Waals surface area (Å²) in [7, 11) is 0.799. The molecule has 1 aliphatic heterocycles. The average Bonchev–Trinajstić information content (AvgIpc) is 3.89. The van der Waals surface area contributed by atoms with Crippen LogP contribution >= 0.6 is 0 Å². The van der Waals surface area contributed by atoms with Crippen molar-refractivity contribution in [1.82, 2.24) is 15.0 Å². The van der Waals surface area contributed by atoms with Gasteiger partial charge < -0.3 is 28.3 Å². The number of methoxy groups -OCH3 is 1. The first-order valence-corrected chi connectivity index (χ1v) is 25.0. The Morgan fingerprint density at radius 1 is 0.968 bits per heavy atom. The molecule has 4 aliphatic rings. The van der Waals surface area contributed by atoms with Gasteiger partial charge in [-0.05, 0) is 85.7 Å². The van der Waals surface area contributed by atoms with Gasteiger partial charge in [-0.1, -0.05) is 93.6 Å². The molecule has 0 spiro atoms. The molecule has 1 N–H and O–H groups in total. The van der Waals surface area contributed by atoms with Crippen LogP contribution in [0.4, 0.5) is 0 Å². The van der Waals surface area contributed by atoms with Crippen LogP contribution in [0.25, 0.3) is 5.76 Å². The van der Waals surface area contributed by atoms with Gasteiger partial charge in [0.1, 0.15) is 36.0 Å². The fourth-order valence-electron chi connectivity index (χ4n) is 10.1. The second kappa shape index (κ2) is 17.4. The summed E-state index contributed by atoms with van der Waals surface area (Å²) in [6.45, 7) is 20.6. The van der Waals surface area contributed by atoms with E-state index in [-0.39, 0.29) is 42.0 Å². The Hall–Kier alpha value is -5.27. The molecule has 5 atom stereocenters. The molecular formula is C51H61N3O8Si. The highest BCUT2D eigenvalue weighted by Gasteiger charge is 2.69. The molecule has 1 saturated carbocycles. The molecule has 2 heterocycles. The first-order valence-electron chi connectivity index (χ1n) is 22.1. The Morgan fingerprint density at radius 3 is 2.17 bits per heavy atom. The van der Waals surface area contributed by atoms with Crippen molar-refractivity contribution in [2.24, 2.45) is 11.8 Å². The maximum atomic E-state index is 16.3. The average molecular weight is 872 g/mol. The summed E-state index contributed by atoms with van der Waals surface area (Å²) >= 11 is 0. The summed E-state index contributed by atoms with van der Waals surface area (Å²) in [4.78, 5) is 36.6. The number of Topliss-reactive ketones (excluding diaryl/α,β-unsaturated/α-hetero) is 2. The van der Waals surface area contributed by atoms with E-state index >= 15 is 9.59 Å². The molecule has 1 saturated heterocycles. The lowest BCUT2D eigenvalue weighted by Gasteiger charge is -2.55. The number of fused-ring (bicyclic) bond motifs is 4. The number of hydrogen-bond donors (Lipinski definition) is 1. The van der Waals surface area contributed by atoms with Crippen molar-refractivity contribution in [3.63, 3.8) is 0 Å². The monoisotopic (exact) mass is 871 g/mol. The van der Waals surface area contributed by atoms with Crippen molar-refractivity contribution in [2.75, 3.05) is 33.8 Å². The summed E-state index contributed by atoms with van der Waals surface area (Å²) < 4.78 is 32.9. The number of likely N-dealkylation sites (tertiary alicyclic amines) is 1. The number of ketones is 2. The first-order chi connectivity index (χ1) is 30.2. The van der Waals surface area contributed by atoms with Gasteiger partial charge in [0, 0.05) is 41.7 Å². The highest BCUT2D eigenvalue weighted by Crippen LogP contribution is 2.60. The van der Waals surface area contributed by atoms with Gasteiger partial charge in [-0.15, -0.1) is 13.2 Å². The lowest BCUT2D eigenvalue weighted by atomic mass is 9.57. The van der Waals surface area contributed by atoms with Crippen LogP contribution in [-0.4, -0.2) is 79.3 Å². The number of aliphatic hydroxyl groups excluding tert-OH is 1. The number of aliphatic hydroxyl groups is 1. The van der Waals surface area contributed by atoms with Crippen LogP contribution in [0.3, 0.4) is 0 Å². The van der Waals surface area contributed by atoms with E-state index in [4.69, 9.17) is 23.2 Å². The van der Waals surface area contributed by atoms with Crippen LogP contribution < -0.4 is 14.2 Å². The number of nitrogens with zero attached hydrogens (tertiary/aromatic N) is 3. The largest absolute Gasteiger partial charge is 0.507 e. The molecule has 3 aromatic carbocycles. The highest BCUT2D eigenvalue weighted by atomic mass is 28.4. The van der Waals surface area contributed by atoms with E-state index in [1.54, 1.807) is 19.3 Å². The Bertz CT molecular complexity index is 2410. The molecule has 4 aromatic rings. The zero-order valence-electron chi connectivity index (χ0n) is 37.7. The van der Waals surface area contributed by atoms with E-state index in [0.29, 0.717) is 48.8 Å². The van der Waals surface area contributed by atoms with Crippen molar-refractivity contribution in [2.45, 2.75) is 95.5 Å². The van der Waals surface area contributed by atoms with Crippen LogP contribution in [0.1, 0.15) is 96.1 Å². The van der Waals surface area contributed by atoms with Crippen molar-refractivity contribution in [3.05, 3.63) is 137 Å². The third-order valence-corrected chi connectivity index (χ3v) is 18.6. The van der Waals surface area contributed by atoms with Gasteiger partial charge >= 0.3 is 0 Å². The number of rotatable bonds is 15. The minimum atomic E-state index is -2.99. The van der Waals surface area contributed by atoms with E-state index in [1.807, 2.05) is 79.8 Å².